The van der Waals surface area contributed by atoms with Gasteiger partial charge in [0, 0.05) is 12.1 Å². The van der Waals surface area contributed by atoms with E-state index < -0.39 is 17.9 Å². The van der Waals surface area contributed by atoms with Gasteiger partial charge in [0.05, 0.1) is 7.11 Å². The van der Waals surface area contributed by atoms with Crippen LogP contribution < -0.4 is 10.5 Å². The molecule has 0 fully saturated rings. The molecule has 148 valence electrons. The van der Waals surface area contributed by atoms with Crippen molar-refractivity contribution in [2.75, 3.05) is 7.11 Å². The van der Waals surface area contributed by atoms with Crippen molar-refractivity contribution >= 4 is 11.8 Å². The molecule has 3 aromatic rings. The molecule has 1 unspecified atom stereocenters. The Labute approximate surface area is 169 Å². The van der Waals surface area contributed by atoms with E-state index in [0.29, 0.717) is 11.3 Å². The summed E-state index contributed by atoms with van der Waals surface area (Å²) in [6.45, 7) is 0.133. The molecule has 0 bridgehead atoms. The van der Waals surface area contributed by atoms with Gasteiger partial charge in [0.15, 0.2) is 0 Å². The number of phenols is 1. The van der Waals surface area contributed by atoms with Crippen molar-refractivity contribution in [1.29, 1.82) is 0 Å². The molecule has 29 heavy (non-hydrogen) atoms. The number of primary amides is 1. The second kappa shape index (κ2) is 8.93. The number of rotatable bonds is 7. The summed E-state index contributed by atoms with van der Waals surface area (Å²) in [4.78, 5) is 27.2. The predicted octanol–water partition coefficient (Wildman–Crippen LogP) is 3.27. The Morgan fingerprint density at radius 3 is 2.38 bits per heavy atom. The first-order valence-corrected chi connectivity index (χ1v) is 9.07. The summed E-state index contributed by atoms with van der Waals surface area (Å²) in [5.41, 5.74) is 7.36. The summed E-state index contributed by atoms with van der Waals surface area (Å²) in [5, 5.41) is 9.79. The maximum absolute atomic E-state index is 13.4. The van der Waals surface area contributed by atoms with E-state index in [-0.39, 0.29) is 17.9 Å². The molecule has 0 radical (unpaired) electrons. The lowest BCUT2D eigenvalue weighted by atomic mass is 10.0. The van der Waals surface area contributed by atoms with Crippen LogP contribution in [0.2, 0.25) is 0 Å². The smallest absolute Gasteiger partial charge is 0.255 e. The maximum Gasteiger partial charge on any atom is 0.255 e. The monoisotopic (exact) mass is 390 g/mol. The Kier molecular flexibility index (Phi) is 6.14. The fourth-order valence-corrected chi connectivity index (χ4v) is 3.19. The zero-order valence-corrected chi connectivity index (χ0v) is 16.0. The normalized spacial score (nSPS) is 11.5. The number of carbonyl (C=O) groups excluding carboxylic acids is 2. The summed E-state index contributed by atoms with van der Waals surface area (Å²) in [6.07, 6.45) is 0. The highest BCUT2D eigenvalue weighted by Gasteiger charge is 2.30. The first-order valence-electron chi connectivity index (χ1n) is 9.07. The van der Waals surface area contributed by atoms with Gasteiger partial charge in [-0.25, -0.2) is 0 Å². The largest absolute Gasteiger partial charge is 0.508 e. The van der Waals surface area contributed by atoms with Crippen molar-refractivity contribution in [3.63, 3.8) is 0 Å². The van der Waals surface area contributed by atoms with Crippen LogP contribution in [0.4, 0.5) is 0 Å². The van der Waals surface area contributed by atoms with Crippen LogP contribution in [0.25, 0.3) is 0 Å². The molecular formula is C23H22N2O4. The van der Waals surface area contributed by atoms with E-state index >= 15 is 0 Å². The van der Waals surface area contributed by atoms with Crippen molar-refractivity contribution < 1.29 is 19.4 Å². The van der Waals surface area contributed by atoms with E-state index in [1.807, 2.05) is 18.2 Å². The van der Waals surface area contributed by atoms with Crippen LogP contribution in [-0.2, 0) is 11.3 Å². The second-order valence-electron chi connectivity index (χ2n) is 6.55. The highest BCUT2D eigenvalue weighted by molar-refractivity contribution is 5.98. The Morgan fingerprint density at radius 1 is 1.00 bits per heavy atom. The minimum absolute atomic E-state index is 0.0347. The quantitative estimate of drug-likeness (QED) is 0.648. The number of hydrogen-bond acceptors (Lipinski definition) is 4. The van der Waals surface area contributed by atoms with Crippen LogP contribution in [0.15, 0.2) is 78.9 Å². The molecular weight excluding hydrogens is 368 g/mol. The molecule has 0 saturated carbocycles. The maximum atomic E-state index is 13.4. The minimum atomic E-state index is -0.975. The number of ether oxygens (including phenoxy) is 1. The van der Waals surface area contributed by atoms with E-state index in [4.69, 9.17) is 10.5 Å². The number of amides is 2. The Balaban J connectivity index is 2.06. The lowest BCUT2D eigenvalue weighted by Crippen LogP contribution is -2.41. The molecule has 1 atom stereocenters. The molecule has 6 heteroatoms. The number of nitrogens with zero attached hydrogens (tertiary/aromatic N) is 1. The van der Waals surface area contributed by atoms with E-state index in [0.717, 1.165) is 5.56 Å². The standard InChI is InChI=1S/C23H22N2O4/c1-29-20-12-5-7-16(13-20)15-25(23(28)18-10-6-11-19(26)14-18)21(22(24)27)17-8-3-2-4-9-17/h2-14,21,26H,15H2,1H3,(H2,24,27). The highest BCUT2D eigenvalue weighted by Crippen LogP contribution is 2.27. The molecule has 0 aliphatic carbocycles. The number of carbonyl (C=O) groups is 2. The molecule has 0 heterocycles. The number of nitrogens with two attached hydrogens (primary N) is 1. The second-order valence-corrected chi connectivity index (χ2v) is 6.55. The molecule has 0 aliphatic heterocycles. The summed E-state index contributed by atoms with van der Waals surface area (Å²) in [6, 6.07) is 21.2. The zero-order chi connectivity index (χ0) is 20.8. The first kappa shape index (κ1) is 19.9. The van der Waals surface area contributed by atoms with Crippen molar-refractivity contribution in [3.05, 3.63) is 95.6 Å². The van der Waals surface area contributed by atoms with Crippen molar-refractivity contribution in [1.82, 2.24) is 4.90 Å². The molecule has 0 saturated heterocycles. The van der Waals surface area contributed by atoms with Crippen LogP contribution in [0.1, 0.15) is 27.5 Å². The fourth-order valence-electron chi connectivity index (χ4n) is 3.19. The van der Waals surface area contributed by atoms with Crippen LogP contribution in [0, 0.1) is 0 Å². The molecule has 2 amide bonds. The number of hydrogen-bond donors (Lipinski definition) is 2. The zero-order valence-electron chi connectivity index (χ0n) is 16.0. The van der Waals surface area contributed by atoms with Gasteiger partial charge in [-0.05, 0) is 41.5 Å². The molecule has 6 nitrogen and oxygen atoms in total. The molecule has 0 aromatic heterocycles. The van der Waals surface area contributed by atoms with Gasteiger partial charge in [0.25, 0.3) is 5.91 Å². The van der Waals surface area contributed by atoms with Gasteiger partial charge in [-0.2, -0.15) is 0 Å². The lowest BCUT2D eigenvalue weighted by molar-refractivity contribution is -0.122. The van der Waals surface area contributed by atoms with E-state index in [9.17, 15) is 14.7 Å². The van der Waals surface area contributed by atoms with Crippen LogP contribution >= 0.6 is 0 Å². The van der Waals surface area contributed by atoms with Crippen molar-refractivity contribution in [2.24, 2.45) is 5.73 Å². The van der Waals surface area contributed by atoms with Gasteiger partial charge in [-0.15, -0.1) is 0 Å². The van der Waals surface area contributed by atoms with Gasteiger partial charge in [0.2, 0.25) is 5.91 Å². The molecule has 3 N–H and O–H groups in total. The highest BCUT2D eigenvalue weighted by atomic mass is 16.5. The third-order valence-electron chi connectivity index (χ3n) is 4.54. The third kappa shape index (κ3) is 4.73. The third-order valence-corrected chi connectivity index (χ3v) is 4.54. The average molecular weight is 390 g/mol. The van der Waals surface area contributed by atoms with Gasteiger partial charge in [-0.1, -0.05) is 48.5 Å². The Morgan fingerprint density at radius 2 is 1.72 bits per heavy atom. The van der Waals surface area contributed by atoms with Gasteiger partial charge >= 0.3 is 0 Å². The van der Waals surface area contributed by atoms with E-state index in [2.05, 4.69) is 0 Å². The summed E-state index contributed by atoms with van der Waals surface area (Å²) in [5.74, 6) is -0.459. The average Bonchev–Trinajstić information content (AvgIpc) is 2.73. The summed E-state index contributed by atoms with van der Waals surface area (Å²) < 4.78 is 5.26. The molecule has 0 aliphatic rings. The van der Waals surface area contributed by atoms with E-state index in [1.165, 1.54) is 17.0 Å². The number of aromatic hydroxyl groups is 1. The van der Waals surface area contributed by atoms with Crippen molar-refractivity contribution in [3.8, 4) is 11.5 Å². The number of phenolic OH excluding ortho intramolecular Hbond substituents is 1. The SMILES string of the molecule is COc1cccc(CN(C(=O)c2cccc(O)c2)C(C(N)=O)c2ccccc2)c1. The van der Waals surface area contributed by atoms with Crippen LogP contribution in [0.3, 0.4) is 0 Å². The molecule has 3 aromatic carbocycles. The Hall–Kier alpha value is -3.80. The van der Waals surface area contributed by atoms with Gasteiger partial charge < -0.3 is 20.5 Å². The summed E-state index contributed by atoms with van der Waals surface area (Å²) in [7, 11) is 1.56. The lowest BCUT2D eigenvalue weighted by Gasteiger charge is -2.30. The minimum Gasteiger partial charge on any atom is -0.508 e. The van der Waals surface area contributed by atoms with Crippen molar-refractivity contribution in [2.45, 2.75) is 12.6 Å². The first-order chi connectivity index (χ1) is 14.0. The number of benzene rings is 3. The Bertz CT molecular complexity index is 1000. The van der Waals surface area contributed by atoms with Gasteiger partial charge in [0.1, 0.15) is 17.5 Å². The van der Waals surface area contributed by atoms with Crippen LogP contribution in [-0.4, -0.2) is 28.9 Å². The van der Waals surface area contributed by atoms with Crippen LogP contribution in [0.5, 0.6) is 11.5 Å². The molecule has 3 rings (SSSR count). The topological polar surface area (TPSA) is 92.9 Å². The predicted molar refractivity (Wildman–Crippen MR) is 109 cm³/mol. The molecule has 0 spiro atoms. The number of methoxy groups -OCH3 is 1. The summed E-state index contributed by atoms with van der Waals surface area (Å²) >= 11 is 0. The fraction of sp³-hybridized carbons (Fsp3) is 0.130. The van der Waals surface area contributed by atoms with E-state index in [1.54, 1.807) is 55.6 Å². The van der Waals surface area contributed by atoms with Gasteiger partial charge in [-0.3, -0.25) is 9.59 Å².